The van der Waals surface area contributed by atoms with Crippen LogP contribution in [0.5, 0.6) is 0 Å². The molecule has 0 aliphatic rings. The number of benzene rings is 2. The SMILES string of the molecule is COC(=O)c1ccc2c(=O)[nH]c(/C(Cl)=C/c3ccc(C)cc3)nc2c1. The summed E-state index contributed by atoms with van der Waals surface area (Å²) in [7, 11) is 1.30. The van der Waals surface area contributed by atoms with Gasteiger partial charge in [0, 0.05) is 0 Å². The molecule has 0 aliphatic heterocycles. The van der Waals surface area contributed by atoms with Gasteiger partial charge in [-0.25, -0.2) is 9.78 Å². The number of ether oxygens (including phenoxy) is 1. The molecule has 3 rings (SSSR count). The summed E-state index contributed by atoms with van der Waals surface area (Å²) in [6.45, 7) is 2.00. The van der Waals surface area contributed by atoms with Crippen LogP contribution in [0.4, 0.5) is 0 Å². The Morgan fingerprint density at radius 3 is 2.60 bits per heavy atom. The Labute approximate surface area is 148 Å². The van der Waals surface area contributed by atoms with Crippen LogP contribution in [0.1, 0.15) is 27.3 Å². The number of hydrogen-bond donors (Lipinski definition) is 1. The standard InChI is InChI=1S/C19H15ClN2O3/c1-11-3-5-12(6-4-11)9-15(20)17-21-16-10-13(19(24)25-2)7-8-14(16)18(23)22-17/h3-10H,1-2H3,(H,21,22,23)/b15-9-. The highest BCUT2D eigenvalue weighted by molar-refractivity contribution is 6.50. The maximum atomic E-state index is 12.3. The summed E-state index contributed by atoms with van der Waals surface area (Å²) in [4.78, 5) is 30.9. The summed E-state index contributed by atoms with van der Waals surface area (Å²) in [6.07, 6.45) is 1.72. The van der Waals surface area contributed by atoms with Gasteiger partial charge in [0.15, 0.2) is 5.82 Å². The Kier molecular flexibility index (Phi) is 4.67. The Balaban J connectivity index is 2.08. The molecule has 126 valence electrons. The van der Waals surface area contributed by atoms with Crippen molar-refractivity contribution in [2.75, 3.05) is 7.11 Å². The van der Waals surface area contributed by atoms with Crippen LogP contribution in [0, 0.1) is 6.92 Å². The predicted octanol–water partition coefficient (Wildman–Crippen LogP) is 3.76. The molecule has 1 aromatic heterocycles. The highest BCUT2D eigenvalue weighted by atomic mass is 35.5. The number of methoxy groups -OCH3 is 1. The van der Waals surface area contributed by atoms with Crippen LogP contribution in [0.15, 0.2) is 47.3 Å². The number of aryl methyl sites for hydroxylation is 1. The second kappa shape index (κ2) is 6.91. The molecule has 0 atom stereocenters. The number of aromatic nitrogens is 2. The minimum Gasteiger partial charge on any atom is -0.465 e. The lowest BCUT2D eigenvalue weighted by atomic mass is 10.1. The van der Waals surface area contributed by atoms with E-state index in [1.54, 1.807) is 6.08 Å². The largest absolute Gasteiger partial charge is 0.465 e. The smallest absolute Gasteiger partial charge is 0.337 e. The fourth-order valence-corrected chi connectivity index (χ4v) is 2.59. The number of nitrogens with zero attached hydrogens (tertiary/aromatic N) is 1. The maximum absolute atomic E-state index is 12.3. The number of aromatic amines is 1. The molecule has 25 heavy (non-hydrogen) atoms. The molecule has 1 N–H and O–H groups in total. The zero-order chi connectivity index (χ0) is 18.0. The molecule has 0 saturated carbocycles. The molecular weight excluding hydrogens is 340 g/mol. The van der Waals surface area contributed by atoms with Gasteiger partial charge in [-0.2, -0.15) is 0 Å². The van der Waals surface area contributed by atoms with Gasteiger partial charge in [-0.15, -0.1) is 0 Å². The normalized spacial score (nSPS) is 11.6. The van der Waals surface area contributed by atoms with Crippen molar-refractivity contribution in [3.05, 3.63) is 75.3 Å². The highest BCUT2D eigenvalue weighted by Crippen LogP contribution is 2.20. The van der Waals surface area contributed by atoms with Crippen molar-refractivity contribution in [2.24, 2.45) is 0 Å². The van der Waals surface area contributed by atoms with E-state index in [9.17, 15) is 9.59 Å². The average Bonchev–Trinajstić information content (AvgIpc) is 2.62. The first kappa shape index (κ1) is 16.9. The van der Waals surface area contributed by atoms with E-state index < -0.39 is 5.97 Å². The van der Waals surface area contributed by atoms with E-state index >= 15 is 0 Å². The average molecular weight is 355 g/mol. The molecule has 2 aromatic carbocycles. The molecule has 1 heterocycles. The van der Waals surface area contributed by atoms with E-state index in [0.717, 1.165) is 11.1 Å². The van der Waals surface area contributed by atoms with Crippen molar-refractivity contribution in [2.45, 2.75) is 6.92 Å². The van der Waals surface area contributed by atoms with Gasteiger partial charge in [-0.05, 0) is 36.8 Å². The van der Waals surface area contributed by atoms with Crippen LogP contribution in [0.3, 0.4) is 0 Å². The molecule has 0 amide bonds. The first-order chi connectivity index (χ1) is 12.0. The Morgan fingerprint density at radius 1 is 1.20 bits per heavy atom. The van der Waals surface area contributed by atoms with Crippen molar-refractivity contribution < 1.29 is 9.53 Å². The Morgan fingerprint density at radius 2 is 1.92 bits per heavy atom. The summed E-state index contributed by atoms with van der Waals surface area (Å²) < 4.78 is 4.69. The second-order valence-corrected chi connectivity index (χ2v) is 5.95. The van der Waals surface area contributed by atoms with Gasteiger partial charge >= 0.3 is 5.97 Å². The maximum Gasteiger partial charge on any atom is 0.337 e. The first-order valence-electron chi connectivity index (χ1n) is 7.54. The van der Waals surface area contributed by atoms with E-state index in [2.05, 4.69) is 9.97 Å². The van der Waals surface area contributed by atoms with Crippen LogP contribution in [0.2, 0.25) is 0 Å². The lowest BCUT2D eigenvalue weighted by molar-refractivity contribution is 0.0601. The second-order valence-electron chi connectivity index (χ2n) is 5.54. The van der Waals surface area contributed by atoms with Crippen molar-refractivity contribution in [1.82, 2.24) is 9.97 Å². The highest BCUT2D eigenvalue weighted by Gasteiger charge is 2.11. The number of hydrogen-bond acceptors (Lipinski definition) is 4. The van der Waals surface area contributed by atoms with E-state index in [4.69, 9.17) is 16.3 Å². The molecule has 5 nitrogen and oxygen atoms in total. The molecule has 6 heteroatoms. The molecule has 0 bridgehead atoms. The van der Waals surface area contributed by atoms with E-state index in [1.807, 2.05) is 31.2 Å². The van der Waals surface area contributed by atoms with Gasteiger partial charge in [0.25, 0.3) is 5.56 Å². The van der Waals surface area contributed by atoms with E-state index in [-0.39, 0.29) is 11.4 Å². The Hall–Kier alpha value is -2.92. The fourth-order valence-electron chi connectivity index (χ4n) is 2.37. The third kappa shape index (κ3) is 3.61. The van der Waals surface area contributed by atoms with Gasteiger partial charge in [0.1, 0.15) is 0 Å². The van der Waals surface area contributed by atoms with Crippen molar-refractivity contribution in [3.8, 4) is 0 Å². The first-order valence-corrected chi connectivity index (χ1v) is 7.92. The molecule has 0 fully saturated rings. The zero-order valence-electron chi connectivity index (χ0n) is 13.7. The minimum atomic E-state index is -0.494. The third-order valence-corrected chi connectivity index (χ3v) is 4.01. The van der Waals surface area contributed by atoms with Gasteiger partial charge in [0.2, 0.25) is 0 Å². The molecular formula is C19H15ClN2O3. The summed E-state index contributed by atoms with van der Waals surface area (Å²) in [5.74, 6) is -0.256. The number of nitrogens with one attached hydrogen (secondary N) is 1. The van der Waals surface area contributed by atoms with Crippen LogP contribution >= 0.6 is 11.6 Å². The Bertz CT molecular complexity index is 1040. The lowest BCUT2D eigenvalue weighted by Crippen LogP contribution is -2.11. The topological polar surface area (TPSA) is 72.1 Å². The van der Waals surface area contributed by atoms with Crippen molar-refractivity contribution >= 4 is 39.6 Å². The number of carbonyl (C=O) groups excluding carboxylic acids is 1. The summed E-state index contributed by atoms with van der Waals surface area (Å²) in [5, 5.41) is 0.669. The van der Waals surface area contributed by atoms with Gasteiger partial charge in [-0.3, -0.25) is 4.79 Å². The number of H-pyrrole nitrogens is 1. The van der Waals surface area contributed by atoms with E-state index in [0.29, 0.717) is 21.5 Å². The summed E-state index contributed by atoms with van der Waals surface area (Å²) in [5.41, 5.74) is 2.39. The fraction of sp³-hybridized carbons (Fsp3) is 0.105. The predicted molar refractivity (Wildman–Crippen MR) is 98.6 cm³/mol. The minimum absolute atomic E-state index is 0.238. The van der Waals surface area contributed by atoms with Gasteiger partial charge in [-0.1, -0.05) is 41.4 Å². The van der Waals surface area contributed by atoms with Crippen LogP contribution in [0.25, 0.3) is 22.0 Å². The number of fused-ring (bicyclic) bond motifs is 1. The molecule has 0 aliphatic carbocycles. The van der Waals surface area contributed by atoms with Crippen LogP contribution < -0.4 is 5.56 Å². The van der Waals surface area contributed by atoms with Gasteiger partial charge in [0.05, 0.1) is 28.6 Å². The third-order valence-electron chi connectivity index (χ3n) is 3.72. The number of carbonyl (C=O) groups is 1. The van der Waals surface area contributed by atoms with Crippen molar-refractivity contribution in [3.63, 3.8) is 0 Å². The van der Waals surface area contributed by atoms with Crippen LogP contribution in [-0.2, 0) is 4.74 Å². The van der Waals surface area contributed by atoms with E-state index in [1.165, 1.54) is 25.3 Å². The van der Waals surface area contributed by atoms with Crippen LogP contribution in [-0.4, -0.2) is 23.0 Å². The summed E-state index contributed by atoms with van der Waals surface area (Å²) >= 11 is 6.32. The quantitative estimate of drug-likeness (QED) is 0.727. The lowest BCUT2D eigenvalue weighted by Gasteiger charge is -2.04. The molecule has 0 spiro atoms. The number of esters is 1. The summed E-state index contributed by atoms with van der Waals surface area (Å²) in [6, 6.07) is 12.3. The van der Waals surface area contributed by atoms with Gasteiger partial charge < -0.3 is 9.72 Å². The number of rotatable bonds is 3. The molecule has 0 unspecified atom stereocenters. The monoisotopic (exact) mass is 354 g/mol. The van der Waals surface area contributed by atoms with Crippen molar-refractivity contribution in [1.29, 1.82) is 0 Å². The number of halogens is 1. The molecule has 0 saturated heterocycles. The molecule has 0 radical (unpaired) electrons. The zero-order valence-corrected chi connectivity index (χ0v) is 14.4. The molecule has 3 aromatic rings.